The van der Waals surface area contributed by atoms with E-state index in [1.54, 1.807) is 4.90 Å². The number of likely N-dealkylation sites (tertiary alicyclic amines) is 1. The lowest BCUT2D eigenvalue weighted by atomic mass is 9.58. The standard InChI is InChI=1S/C32H38N2O3/c1-23-16-17-24(2)29(21-23)32(30(35)36,19-10-9-13-25-11-5-3-6-12-25)28-18-20-34(31(33)37)22-27(28)26-14-7-4-8-15-26/h3-8,11-12,14-17,21,27-28H,9-10,13,18-20,22H2,1-2H3,(H2,33,37)(H,35,36). The predicted octanol–water partition coefficient (Wildman–Crippen LogP) is 6.22. The Labute approximate surface area is 220 Å². The fraction of sp³-hybridized carbons (Fsp3) is 0.375. The number of piperidine rings is 1. The maximum absolute atomic E-state index is 13.5. The summed E-state index contributed by atoms with van der Waals surface area (Å²) in [7, 11) is 0. The van der Waals surface area contributed by atoms with Crippen molar-refractivity contribution in [3.8, 4) is 0 Å². The van der Waals surface area contributed by atoms with Gasteiger partial charge in [0.1, 0.15) is 0 Å². The summed E-state index contributed by atoms with van der Waals surface area (Å²) in [5.41, 5.74) is 9.91. The number of urea groups is 1. The number of carbonyl (C=O) groups is 2. The molecule has 37 heavy (non-hydrogen) atoms. The average Bonchev–Trinajstić information content (AvgIpc) is 2.91. The van der Waals surface area contributed by atoms with E-state index in [1.807, 2.05) is 74.5 Å². The van der Waals surface area contributed by atoms with Gasteiger partial charge >= 0.3 is 12.0 Å². The Hall–Kier alpha value is -3.60. The molecule has 0 aliphatic carbocycles. The summed E-state index contributed by atoms with van der Waals surface area (Å²) in [6.45, 7) is 4.93. The Morgan fingerprint density at radius 1 is 0.973 bits per heavy atom. The molecule has 1 aliphatic rings. The van der Waals surface area contributed by atoms with Crippen molar-refractivity contribution in [2.75, 3.05) is 13.1 Å². The van der Waals surface area contributed by atoms with Gasteiger partial charge in [-0.15, -0.1) is 0 Å². The molecule has 1 saturated heterocycles. The molecule has 0 spiro atoms. The van der Waals surface area contributed by atoms with E-state index in [0.29, 0.717) is 25.9 Å². The molecule has 1 aliphatic heterocycles. The van der Waals surface area contributed by atoms with Gasteiger partial charge in [0.15, 0.2) is 0 Å². The van der Waals surface area contributed by atoms with E-state index in [9.17, 15) is 14.7 Å². The number of carboxylic acid groups (broad SMARTS) is 1. The summed E-state index contributed by atoms with van der Waals surface area (Å²) >= 11 is 0. The van der Waals surface area contributed by atoms with Gasteiger partial charge in [-0.25, -0.2) is 4.79 Å². The average molecular weight is 499 g/mol. The van der Waals surface area contributed by atoms with Crippen LogP contribution in [0.3, 0.4) is 0 Å². The van der Waals surface area contributed by atoms with Crippen molar-refractivity contribution in [2.45, 2.75) is 57.3 Å². The van der Waals surface area contributed by atoms with E-state index in [0.717, 1.165) is 41.5 Å². The summed E-state index contributed by atoms with van der Waals surface area (Å²) in [4.78, 5) is 27.4. The van der Waals surface area contributed by atoms with Crippen molar-refractivity contribution in [3.63, 3.8) is 0 Å². The summed E-state index contributed by atoms with van der Waals surface area (Å²) in [5.74, 6) is -1.09. The van der Waals surface area contributed by atoms with E-state index < -0.39 is 17.4 Å². The molecule has 5 heteroatoms. The zero-order chi connectivity index (χ0) is 26.4. The first-order valence-electron chi connectivity index (χ1n) is 13.3. The molecule has 3 aromatic carbocycles. The SMILES string of the molecule is Cc1ccc(C)c(C(CCCCc2ccccc2)(C(=O)O)C2CCN(C(N)=O)CC2c2ccccc2)c1. The third-order valence-electron chi connectivity index (χ3n) is 8.17. The highest BCUT2D eigenvalue weighted by molar-refractivity contribution is 5.83. The zero-order valence-electron chi connectivity index (χ0n) is 21.9. The maximum atomic E-state index is 13.5. The third kappa shape index (κ3) is 5.71. The molecule has 0 aromatic heterocycles. The van der Waals surface area contributed by atoms with Gasteiger partial charge in [-0.3, -0.25) is 4.79 Å². The van der Waals surface area contributed by atoms with Crippen molar-refractivity contribution in [1.29, 1.82) is 0 Å². The fourth-order valence-electron chi connectivity index (χ4n) is 6.27. The minimum Gasteiger partial charge on any atom is -0.481 e. The number of aryl methyl sites for hydroxylation is 3. The number of benzene rings is 3. The molecule has 3 atom stereocenters. The maximum Gasteiger partial charge on any atom is 0.314 e. The van der Waals surface area contributed by atoms with E-state index in [-0.39, 0.29) is 11.8 Å². The first kappa shape index (κ1) is 26.5. The molecule has 2 amide bonds. The number of nitrogens with zero attached hydrogens (tertiary/aromatic N) is 1. The quantitative estimate of drug-likeness (QED) is 0.343. The Morgan fingerprint density at radius 3 is 2.30 bits per heavy atom. The number of carbonyl (C=O) groups excluding carboxylic acids is 1. The van der Waals surface area contributed by atoms with E-state index in [2.05, 4.69) is 18.2 Å². The Bertz CT molecular complexity index is 1210. The highest BCUT2D eigenvalue weighted by Gasteiger charge is 2.52. The van der Waals surface area contributed by atoms with Gasteiger partial charge < -0.3 is 15.7 Å². The van der Waals surface area contributed by atoms with Crippen LogP contribution in [-0.2, 0) is 16.6 Å². The molecular formula is C32H38N2O3. The molecule has 0 radical (unpaired) electrons. The van der Waals surface area contributed by atoms with Crippen LogP contribution in [0.4, 0.5) is 4.79 Å². The largest absolute Gasteiger partial charge is 0.481 e. The van der Waals surface area contributed by atoms with Crippen molar-refractivity contribution >= 4 is 12.0 Å². The molecule has 4 rings (SSSR count). The summed E-state index contributed by atoms with van der Waals surface area (Å²) in [5, 5.41) is 11.1. The van der Waals surface area contributed by atoms with Gasteiger partial charge in [0.05, 0.1) is 5.41 Å². The molecule has 5 nitrogen and oxygen atoms in total. The molecule has 1 fully saturated rings. The molecule has 1 heterocycles. The highest BCUT2D eigenvalue weighted by atomic mass is 16.4. The van der Waals surface area contributed by atoms with Crippen LogP contribution < -0.4 is 5.73 Å². The molecule has 0 bridgehead atoms. The second kappa shape index (κ2) is 11.6. The number of hydrogen-bond donors (Lipinski definition) is 2. The Kier molecular flexibility index (Phi) is 8.32. The minimum atomic E-state index is -1.07. The molecule has 3 N–H and O–H groups in total. The topological polar surface area (TPSA) is 83.6 Å². The second-order valence-corrected chi connectivity index (χ2v) is 10.5. The smallest absolute Gasteiger partial charge is 0.314 e. The normalized spacial score (nSPS) is 19.2. The highest BCUT2D eigenvalue weighted by Crippen LogP contribution is 2.49. The lowest BCUT2D eigenvalue weighted by Crippen LogP contribution is -2.54. The fourth-order valence-corrected chi connectivity index (χ4v) is 6.27. The van der Waals surface area contributed by atoms with Crippen LogP contribution in [-0.4, -0.2) is 35.1 Å². The third-order valence-corrected chi connectivity index (χ3v) is 8.17. The summed E-state index contributed by atoms with van der Waals surface area (Å²) < 4.78 is 0. The first-order chi connectivity index (χ1) is 17.8. The lowest BCUT2D eigenvalue weighted by Gasteiger charge is -2.47. The first-order valence-corrected chi connectivity index (χ1v) is 13.3. The van der Waals surface area contributed by atoms with Crippen LogP contribution in [0, 0.1) is 19.8 Å². The molecule has 3 unspecified atom stereocenters. The number of rotatable bonds is 9. The van der Waals surface area contributed by atoms with E-state index in [4.69, 9.17) is 5.73 Å². The van der Waals surface area contributed by atoms with Gasteiger partial charge in [-0.2, -0.15) is 0 Å². The number of amides is 2. The van der Waals surface area contributed by atoms with Gasteiger partial charge in [0, 0.05) is 19.0 Å². The lowest BCUT2D eigenvalue weighted by molar-refractivity contribution is -0.148. The van der Waals surface area contributed by atoms with E-state index in [1.165, 1.54) is 5.56 Å². The van der Waals surface area contributed by atoms with Gasteiger partial charge in [-0.05, 0) is 67.7 Å². The monoisotopic (exact) mass is 498 g/mol. The van der Waals surface area contributed by atoms with Crippen molar-refractivity contribution in [1.82, 2.24) is 4.90 Å². The predicted molar refractivity (Wildman–Crippen MR) is 148 cm³/mol. The van der Waals surface area contributed by atoms with Crippen molar-refractivity contribution in [3.05, 3.63) is 107 Å². The Balaban J connectivity index is 1.76. The zero-order valence-corrected chi connectivity index (χ0v) is 21.9. The number of aliphatic carboxylic acids is 1. The summed E-state index contributed by atoms with van der Waals surface area (Å²) in [6, 6.07) is 26.1. The van der Waals surface area contributed by atoms with Crippen LogP contribution in [0.5, 0.6) is 0 Å². The van der Waals surface area contributed by atoms with Crippen LogP contribution >= 0.6 is 0 Å². The number of primary amides is 1. The van der Waals surface area contributed by atoms with Crippen LogP contribution in [0.25, 0.3) is 0 Å². The van der Waals surface area contributed by atoms with Gasteiger partial charge in [0.25, 0.3) is 0 Å². The Morgan fingerprint density at radius 2 is 1.65 bits per heavy atom. The van der Waals surface area contributed by atoms with Crippen molar-refractivity contribution < 1.29 is 14.7 Å². The van der Waals surface area contributed by atoms with E-state index >= 15 is 0 Å². The molecule has 3 aromatic rings. The minimum absolute atomic E-state index is 0.132. The van der Waals surface area contributed by atoms with Crippen LogP contribution in [0.15, 0.2) is 78.9 Å². The van der Waals surface area contributed by atoms with Crippen molar-refractivity contribution in [2.24, 2.45) is 11.7 Å². The number of hydrogen-bond acceptors (Lipinski definition) is 2. The molecule has 0 saturated carbocycles. The van der Waals surface area contributed by atoms with Gasteiger partial charge in [0.2, 0.25) is 0 Å². The molecule has 194 valence electrons. The second-order valence-electron chi connectivity index (χ2n) is 10.5. The van der Waals surface area contributed by atoms with Crippen LogP contribution in [0.1, 0.15) is 59.4 Å². The number of carboxylic acids is 1. The summed E-state index contributed by atoms with van der Waals surface area (Å²) in [6.07, 6.45) is 3.77. The van der Waals surface area contributed by atoms with Crippen LogP contribution in [0.2, 0.25) is 0 Å². The molecular weight excluding hydrogens is 460 g/mol. The van der Waals surface area contributed by atoms with Gasteiger partial charge in [-0.1, -0.05) is 90.8 Å². The number of unbranched alkanes of at least 4 members (excludes halogenated alkanes) is 1. The number of nitrogens with two attached hydrogens (primary N) is 1.